The van der Waals surface area contributed by atoms with Gasteiger partial charge in [0.25, 0.3) is 11.8 Å². The van der Waals surface area contributed by atoms with Gasteiger partial charge in [0.2, 0.25) is 0 Å². The number of amides is 2. The van der Waals surface area contributed by atoms with E-state index in [0.717, 1.165) is 18.1 Å². The molecule has 5 aromatic rings. The zero-order chi connectivity index (χ0) is 30.2. The van der Waals surface area contributed by atoms with Crippen molar-refractivity contribution in [1.29, 1.82) is 0 Å². The third-order valence-corrected chi connectivity index (χ3v) is 7.67. The second-order valence-electron chi connectivity index (χ2n) is 9.39. The zero-order valence-electron chi connectivity index (χ0n) is 22.8. The number of alkyl halides is 3. The summed E-state index contributed by atoms with van der Waals surface area (Å²) in [7, 11) is 0. The van der Waals surface area contributed by atoms with Crippen LogP contribution in [0, 0.1) is 6.92 Å². The molecule has 0 fully saturated rings. The first-order chi connectivity index (χ1) is 20.0. The summed E-state index contributed by atoms with van der Waals surface area (Å²) in [5, 5.41) is 7.11. The highest BCUT2D eigenvalue weighted by Gasteiger charge is 2.35. The van der Waals surface area contributed by atoms with Gasteiger partial charge >= 0.3 is 6.18 Å². The van der Waals surface area contributed by atoms with Gasteiger partial charge in [-0.05, 0) is 61.7 Å². The first-order valence-electron chi connectivity index (χ1n) is 13.0. The van der Waals surface area contributed by atoms with Crippen molar-refractivity contribution in [1.82, 2.24) is 14.8 Å². The number of aryl methyl sites for hydroxylation is 3. The Morgan fingerprint density at radius 2 is 1.86 bits per heavy atom. The van der Waals surface area contributed by atoms with Crippen molar-refractivity contribution in [3.8, 4) is 16.9 Å². The fraction of sp³-hybridized carbons (Fsp3) is 0.241. The highest BCUT2D eigenvalue weighted by atomic mass is 32.1. The molecule has 0 saturated carbocycles. The van der Waals surface area contributed by atoms with Crippen molar-refractivity contribution in [3.63, 3.8) is 0 Å². The predicted molar refractivity (Wildman–Crippen MR) is 152 cm³/mol. The molecule has 42 heavy (non-hydrogen) atoms. The minimum absolute atomic E-state index is 0.0572. The summed E-state index contributed by atoms with van der Waals surface area (Å²) in [5.74, 6) is -0.768. The highest BCUT2D eigenvalue weighted by molar-refractivity contribution is 7.21. The van der Waals surface area contributed by atoms with Crippen molar-refractivity contribution in [2.75, 3.05) is 5.32 Å². The van der Waals surface area contributed by atoms with E-state index >= 15 is 0 Å². The largest absolute Gasteiger partial charge is 0.486 e. The van der Waals surface area contributed by atoms with Gasteiger partial charge in [-0.25, -0.2) is 4.98 Å². The van der Waals surface area contributed by atoms with Crippen LogP contribution in [-0.4, -0.2) is 26.6 Å². The monoisotopic (exact) mass is 597 g/mol. The number of aromatic nitrogens is 3. The molecular formula is C29H26F3N5O4S. The molecule has 0 bridgehead atoms. The number of ether oxygens (including phenoxy) is 1. The average molecular weight is 598 g/mol. The van der Waals surface area contributed by atoms with Crippen LogP contribution in [0.1, 0.15) is 56.8 Å². The van der Waals surface area contributed by atoms with Crippen molar-refractivity contribution < 1.29 is 31.9 Å². The molecule has 0 aliphatic carbocycles. The number of halogens is 3. The number of fused-ring (bicyclic) bond motifs is 1. The Balaban J connectivity index is 1.51. The van der Waals surface area contributed by atoms with Crippen LogP contribution in [0.5, 0.6) is 5.75 Å². The normalized spacial score (nSPS) is 11.7. The summed E-state index contributed by atoms with van der Waals surface area (Å²) in [6.45, 7) is 6.09. The van der Waals surface area contributed by atoms with E-state index in [4.69, 9.17) is 14.9 Å². The SMILES string of the molecule is CCc1ccc(OCc2ccc(C(=O)Nc3c(C(N)=O)sc4nc(C(F)(F)F)cc(-c5cn(CC)nc5C)c34)o2)cc1. The fourth-order valence-corrected chi connectivity index (χ4v) is 5.43. The molecule has 0 unspecified atom stereocenters. The summed E-state index contributed by atoms with van der Waals surface area (Å²) >= 11 is 0.662. The van der Waals surface area contributed by atoms with Crippen molar-refractivity contribution in [2.24, 2.45) is 5.73 Å². The molecule has 0 spiro atoms. The number of rotatable bonds is 9. The Kier molecular flexibility index (Phi) is 7.78. The van der Waals surface area contributed by atoms with Gasteiger partial charge in [0.05, 0.1) is 11.4 Å². The van der Waals surface area contributed by atoms with E-state index in [-0.39, 0.29) is 38.7 Å². The number of nitrogens with two attached hydrogens (primary N) is 1. The van der Waals surface area contributed by atoms with E-state index in [9.17, 15) is 22.8 Å². The summed E-state index contributed by atoms with van der Waals surface area (Å²) in [5.41, 5.74) is 6.50. The number of anilines is 1. The smallest absolute Gasteiger partial charge is 0.433 e. The molecular weight excluding hydrogens is 571 g/mol. The van der Waals surface area contributed by atoms with Gasteiger partial charge in [-0.3, -0.25) is 14.3 Å². The maximum Gasteiger partial charge on any atom is 0.433 e. The van der Waals surface area contributed by atoms with Crippen LogP contribution in [0.2, 0.25) is 0 Å². The number of benzene rings is 1. The summed E-state index contributed by atoms with van der Waals surface area (Å²) in [4.78, 5) is 29.2. The second-order valence-corrected chi connectivity index (χ2v) is 10.4. The maximum absolute atomic E-state index is 13.8. The number of hydrogen-bond donors (Lipinski definition) is 2. The lowest BCUT2D eigenvalue weighted by atomic mass is 10.0. The van der Waals surface area contributed by atoms with Gasteiger partial charge in [0, 0.05) is 23.7 Å². The van der Waals surface area contributed by atoms with Gasteiger partial charge < -0.3 is 20.2 Å². The lowest BCUT2D eigenvalue weighted by molar-refractivity contribution is -0.140. The van der Waals surface area contributed by atoms with Crippen LogP contribution in [0.25, 0.3) is 21.3 Å². The zero-order valence-corrected chi connectivity index (χ0v) is 23.7. The van der Waals surface area contributed by atoms with Crippen molar-refractivity contribution >= 4 is 39.1 Å². The third kappa shape index (κ3) is 5.73. The molecule has 2 amide bonds. The molecule has 0 saturated heterocycles. The first kappa shape index (κ1) is 28.9. The Hall–Kier alpha value is -4.65. The number of hydrogen-bond acceptors (Lipinski definition) is 7. The molecule has 13 heteroatoms. The van der Waals surface area contributed by atoms with Gasteiger partial charge in [-0.1, -0.05) is 19.1 Å². The molecule has 4 aromatic heterocycles. The second kappa shape index (κ2) is 11.3. The molecule has 0 radical (unpaired) electrons. The van der Waals surface area contributed by atoms with E-state index in [2.05, 4.69) is 22.3 Å². The predicted octanol–water partition coefficient (Wildman–Crippen LogP) is 6.59. The van der Waals surface area contributed by atoms with E-state index in [1.165, 1.54) is 6.07 Å². The molecule has 9 nitrogen and oxygen atoms in total. The Morgan fingerprint density at radius 3 is 2.48 bits per heavy atom. The van der Waals surface area contributed by atoms with E-state index in [0.29, 0.717) is 40.6 Å². The van der Waals surface area contributed by atoms with Crippen LogP contribution >= 0.6 is 11.3 Å². The van der Waals surface area contributed by atoms with Crippen molar-refractivity contribution in [2.45, 2.75) is 46.5 Å². The van der Waals surface area contributed by atoms with E-state index < -0.39 is 23.7 Å². The third-order valence-electron chi connectivity index (χ3n) is 6.57. The number of nitrogens with zero attached hydrogens (tertiary/aromatic N) is 3. The number of carbonyl (C=O) groups excluding carboxylic acids is 2. The Bertz CT molecular complexity index is 1790. The first-order valence-corrected chi connectivity index (χ1v) is 13.8. The van der Waals surface area contributed by atoms with E-state index in [1.54, 1.807) is 23.9 Å². The number of nitrogens with one attached hydrogen (secondary N) is 1. The van der Waals surface area contributed by atoms with Gasteiger partial charge in [0.15, 0.2) is 5.76 Å². The lowest BCUT2D eigenvalue weighted by Gasteiger charge is -2.11. The number of thiophene rings is 1. The standard InChI is InChI=1S/C29H26F3N5O4S/c1-4-16-6-8-17(9-7-16)40-14-18-10-11-21(41-18)27(39)35-24-23-19(20-13-37(5-2)36-15(20)3)12-22(29(30,31)32)34-28(23)42-25(24)26(33)38/h6-13H,4-5,14H2,1-3H3,(H2,33,38)(H,35,39). The van der Waals surface area contributed by atoms with E-state index in [1.807, 2.05) is 31.2 Å². The minimum atomic E-state index is -4.76. The fourth-order valence-electron chi connectivity index (χ4n) is 4.42. The van der Waals surface area contributed by atoms with Crippen LogP contribution < -0.4 is 15.8 Å². The molecule has 0 aliphatic rings. The molecule has 0 atom stereocenters. The summed E-state index contributed by atoms with van der Waals surface area (Å²) in [6.07, 6.45) is -2.26. The minimum Gasteiger partial charge on any atom is -0.486 e. The average Bonchev–Trinajstić information content (AvgIpc) is 3.68. The molecule has 218 valence electrons. The van der Waals surface area contributed by atoms with Crippen LogP contribution in [0.15, 0.2) is 53.1 Å². The molecule has 5 rings (SSSR count). The molecule has 1 aromatic carbocycles. The van der Waals surface area contributed by atoms with Crippen LogP contribution in [-0.2, 0) is 25.7 Å². The molecule has 4 heterocycles. The summed E-state index contributed by atoms with van der Waals surface area (Å²) < 4.78 is 54.4. The van der Waals surface area contributed by atoms with Gasteiger partial charge in [-0.15, -0.1) is 11.3 Å². The van der Waals surface area contributed by atoms with Gasteiger partial charge in [-0.2, -0.15) is 18.3 Å². The molecule has 3 N–H and O–H groups in total. The lowest BCUT2D eigenvalue weighted by Crippen LogP contribution is -2.16. The van der Waals surface area contributed by atoms with Crippen molar-refractivity contribution in [3.05, 3.63) is 82.0 Å². The number of primary amides is 1. The van der Waals surface area contributed by atoms with Crippen LogP contribution in [0.4, 0.5) is 18.9 Å². The Labute approximate surface area is 242 Å². The topological polar surface area (TPSA) is 125 Å². The van der Waals surface area contributed by atoms with Gasteiger partial charge in [0.1, 0.15) is 33.5 Å². The highest BCUT2D eigenvalue weighted by Crippen LogP contribution is 2.44. The number of carbonyl (C=O) groups is 2. The van der Waals surface area contributed by atoms with Crippen LogP contribution in [0.3, 0.4) is 0 Å². The molecule has 0 aliphatic heterocycles. The number of furan rings is 1. The maximum atomic E-state index is 13.8. The quantitative estimate of drug-likeness (QED) is 0.197. The number of pyridine rings is 1. The summed E-state index contributed by atoms with van der Waals surface area (Å²) in [6, 6.07) is 11.5. The Morgan fingerprint density at radius 1 is 1.12 bits per heavy atom.